The number of amidine groups is 1. The van der Waals surface area contributed by atoms with Crippen molar-refractivity contribution in [3.8, 4) is 0 Å². The van der Waals surface area contributed by atoms with Gasteiger partial charge in [-0.05, 0) is 44.2 Å². The van der Waals surface area contributed by atoms with Gasteiger partial charge in [0.05, 0.1) is 18.8 Å². The van der Waals surface area contributed by atoms with Gasteiger partial charge >= 0.3 is 0 Å². The van der Waals surface area contributed by atoms with E-state index in [1.54, 1.807) is 6.92 Å². The Morgan fingerprint density at radius 3 is 2.80 bits per heavy atom. The van der Waals surface area contributed by atoms with Crippen molar-refractivity contribution in [2.45, 2.75) is 31.8 Å². The highest BCUT2D eigenvalue weighted by atomic mass is 35.5. The van der Waals surface area contributed by atoms with Crippen molar-refractivity contribution >= 4 is 17.4 Å². The fourth-order valence-corrected chi connectivity index (χ4v) is 3.14. The molecular weight excluding hydrogens is 338 g/mol. The summed E-state index contributed by atoms with van der Waals surface area (Å²) in [5, 5.41) is 16.9. The smallest absolute Gasteiger partial charge is 0.151 e. The number of aliphatic hydroxyl groups is 1. The summed E-state index contributed by atoms with van der Waals surface area (Å²) in [7, 11) is 0. The molecule has 0 saturated carbocycles. The maximum absolute atomic E-state index is 9.14. The molecule has 3 N–H and O–H groups in total. The number of ether oxygens (including phenoxy) is 1. The predicted octanol–water partition coefficient (Wildman–Crippen LogP) is 2.46. The van der Waals surface area contributed by atoms with Gasteiger partial charge < -0.3 is 15.2 Å². The average molecular weight is 362 g/mol. The molecule has 0 spiro atoms. The highest BCUT2D eigenvalue weighted by molar-refractivity contribution is 6.30. The van der Waals surface area contributed by atoms with Gasteiger partial charge in [0.25, 0.3) is 0 Å². The number of fused-ring (bicyclic) bond motifs is 1. The molecule has 0 bridgehead atoms. The number of halogens is 1. The number of aliphatic hydroxyl groups excluding tert-OH is 1. The molecule has 3 rings (SSSR count). The van der Waals surface area contributed by atoms with Gasteiger partial charge in [0.15, 0.2) is 6.29 Å². The minimum Gasteiger partial charge on any atom is -0.368 e. The van der Waals surface area contributed by atoms with Crippen LogP contribution in [0.4, 0.5) is 0 Å². The van der Waals surface area contributed by atoms with E-state index in [2.05, 4.69) is 28.9 Å². The van der Waals surface area contributed by atoms with E-state index in [4.69, 9.17) is 26.4 Å². The zero-order valence-electron chi connectivity index (χ0n) is 14.2. The van der Waals surface area contributed by atoms with Crippen LogP contribution in [0.1, 0.15) is 18.9 Å². The van der Waals surface area contributed by atoms with Gasteiger partial charge in [0.2, 0.25) is 0 Å². The summed E-state index contributed by atoms with van der Waals surface area (Å²) in [5.74, 6) is 1.13. The first-order valence-corrected chi connectivity index (χ1v) is 8.99. The number of benzene rings is 1. The van der Waals surface area contributed by atoms with Gasteiger partial charge in [-0.2, -0.15) is 0 Å². The van der Waals surface area contributed by atoms with Crippen LogP contribution in [0.5, 0.6) is 0 Å². The van der Waals surface area contributed by atoms with Gasteiger partial charge in [0.1, 0.15) is 5.84 Å². The first kappa shape index (κ1) is 18.1. The lowest BCUT2D eigenvalue weighted by Crippen LogP contribution is -2.56. The Kier molecular flexibility index (Phi) is 6.26. The van der Waals surface area contributed by atoms with E-state index in [0.717, 1.165) is 24.4 Å². The van der Waals surface area contributed by atoms with E-state index >= 15 is 0 Å². The lowest BCUT2D eigenvalue weighted by Gasteiger charge is -2.37. The Balaban J connectivity index is 1.66. The number of aliphatic imine (C=N–C) groups is 1. The Bertz CT molecular complexity index is 655. The molecule has 0 amide bonds. The minimum absolute atomic E-state index is 0.0842. The van der Waals surface area contributed by atoms with Crippen LogP contribution in [-0.2, 0) is 4.74 Å². The summed E-state index contributed by atoms with van der Waals surface area (Å²) in [4.78, 5) is 4.85. The second-order valence-corrected chi connectivity index (χ2v) is 6.66. The molecule has 5 nitrogen and oxygen atoms in total. The Hall–Kier alpha value is -1.66. The van der Waals surface area contributed by atoms with Gasteiger partial charge in [-0.15, -0.1) is 0 Å². The summed E-state index contributed by atoms with van der Waals surface area (Å²) < 4.78 is 5.17. The zero-order valence-corrected chi connectivity index (χ0v) is 15.0. The largest absolute Gasteiger partial charge is 0.368 e. The maximum Gasteiger partial charge on any atom is 0.151 e. The van der Waals surface area contributed by atoms with Crippen LogP contribution >= 0.6 is 11.6 Å². The van der Waals surface area contributed by atoms with Crippen LogP contribution in [0.25, 0.3) is 0 Å². The minimum atomic E-state index is -0.716. The number of nitrogens with zero attached hydrogens (tertiary/aromatic N) is 1. The fraction of sp³-hybridized carbons (Fsp3) is 0.421. The van der Waals surface area contributed by atoms with E-state index < -0.39 is 6.29 Å². The molecule has 25 heavy (non-hydrogen) atoms. The molecular formula is C19H24ClN3O2. The summed E-state index contributed by atoms with van der Waals surface area (Å²) in [5.41, 5.74) is 1.02. The molecule has 4 atom stereocenters. The van der Waals surface area contributed by atoms with Crippen molar-refractivity contribution in [2.75, 3.05) is 13.2 Å². The van der Waals surface area contributed by atoms with Crippen molar-refractivity contribution in [3.05, 3.63) is 59.2 Å². The van der Waals surface area contributed by atoms with Crippen molar-refractivity contribution in [1.29, 1.82) is 0 Å². The van der Waals surface area contributed by atoms with Crippen LogP contribution in [0.2, 0.25) is 5.02 Å². The van der Waals surface area contributed by atoms with Gasteiger partial charge in [-0.3, -0.25) is 10.3 Å². The number of allylic oxidation sites excluding steroid dienone is 2. The van der Waals surface area contributed by atoms with Crippen LogP contribution < -0.4 is 10.6 Å². The molecule has 2 aliphatic rings. The predicted molar refractivity (Wildman–Crippen MR) is 101 cm³/mol. The molecule has 0 saturated heterocycles. The third-order valence-corrected chi connectivity index (χ3v) is 4.52. The van der Waals surface area contributed by atoms with E-state index in [-0.39, 0.29) is 18.1 Å². The fourth-order valence-electron chi connectivity index (χ4n) is 3.02. The second kappa shape index (κ2) is 8.63. The van der Waals surface area contributed by atoms with E-state index in [1.807, 2.05) is 30.3 Å². The number of hydrogen-bond donors (Lipinski definition) is 3. The van der Waals surface area contributed by atoms with Crippen molar-refractivity contribution < 1.29 is 9.84 Å². The molecule has 0 radical (unpaired) electrons. The molecule has 0 aromatic heterocycles. The lowest BCUT2D eigenvalue weighted by atomic mass is 9.90. The van der Waals surface area contributed by atoms with Crippen molar-refractivity contribution in [2.24, 2.45) is 10.9 Å². The number of hydrogen-bond acceptors (Lipinski definition) is 5. The second-order valence-electron chi connectivity index (χ2n) is 6.22. The van der Waals surface area contributed by atoms with E-state index in [1.165, 1.54) is 0 Å². The molecule has 1 heterocycles. The highest BCUT2D eigenvalue weighted by Crippen LogP contribution is 2.24. The Labute approximate surface area is 153 Å². The SMILES string of the molecule is CC(O)OCCCNC1NC(c2ccc(Cl)cc2)=NC2C=CC=CC21. The molecule has 6 heteroatoms. The normalized spacial score (nSPS) is 25.9. The van der Waals surface area contributed by atoms with E-state index in [9.17, 15) is 0 Å². The van der Waals surface area contributed by atoms with E-state index in [0.29, 0.717) is 11.6 Å². The quantitative estimate of drug-likeness (QED) is 0.515. The summed E-state index contributed by atoms with van der Waals surface area (Å²) >= 11 is 5.99. The van der Waals surface area contributed by atoms with Crippen LogP contribution in [-0.4, -0.2) is 42.6 Å². The third kappa shape index (κ3) is 4.92. The van der Waals surface area contributed by atoms with Crippen molar-refractivity contribution in [3.63, 3.8) is 0 Å². The maximum atomic E-state index is 9.14. The molecule has 4 unspecified atom stereocenters. The Morgan fingerprint density at radius 2 is 2.04 bits per heavy atom. The first-order valence-electron chi connectivity index (χ1n) is 8.62. The molecule has 1 aliphatic heterocycles. The third-order valence-electron chi connectivity index (χ3n) is 4.26. The zero-order chi connectivity index (χ0) is 17.6. The lowest BCUT2D eigenvalue weighted by molar-refractivity contribution is -0.0855. The van der Waals surface area contributed by atoms with Crippen molar-refractivity contribution in [1.82, 2.24) is 10.6 Å². The van der Waals surface area contributed by atoms with Crippen LogP contribution in [0.15, 0.2) is 53.6 Å². The summed E-state index contributed by atoms with van der Waals surface area (Å²) in [6.07, 6.45) is 8.62. The molecule has 0 fully saturated rings. The van der Waals surface area contributed by atoms with Gasteiger partial charge in [0, 0.05) is 16.5 Å². The molecule has 1 aromatic rings. The van der Waals surface area contributed by atoms with Gasteiger partial charge in [-0.25, -0.2) is 0 Å². The topological polar surface area (TPSA) is 65.9 Å². The number of rotatable bonds is 7. The first-order chi connectivity index (χ1) is 12.1. The standard InChI is InChI=1S/C19H24ClN3O2/c1-13(24)25-12-4-11-21-19-16-5-2-3-6-17(16)22-18(23-19)14-7-9-15(20)10-8-14/h2-3,5-10,13,16-17,19,21,24H,4,11-12H2,1H3,(H,22,23). The summed E-state index contributed by atoms with van der Waals surface area (Å²) in [6.45, 7) is 2.94. The monoisotopic (exact) mass is 361 g/mol. The molecule has 1 aromatic carbocycles. The highest BCUT2D eigenvalue weighted by Gasteiger charge is 2.32. The van der Waals surface area contributed by atoms with Gasteiger partial charge in [-0.1, -0.05) is 35.9 Å². The summed E-state index contributed by atoms with van der Waals surface area (Å²) in [6, 6.07) is 7.82. The molecule has 1 aliphatic carbocycles. The Morgan fingerprint density at radius 1 is 1.28 bits per heavy atom. The number of nitrogens with one attached hydrogen (secondary N) is 2. The van der Waals surface area contributed by atoms with Crippen LogP contribution in [0, 0.1) is 5.92 Å². The molecule has 134 valence electrons. The average Bonchev–Trinajstić information content (AvgIpc) is 2.61. The van der Waals surface area contributed by atoms with Crippen LogP contribution in [0.3, 0.4) is 0 Å².